The molecule has 3 aromatic carbocycles. The summed E-state index contributed by atoms with van der Waals surface area (Å²) in [6.07, 6.45) is 0. The van der Waals surface area contributed by atoms with E-state index in [1.54, 1.807) is 36.4 Å². The minimum Gasteiger partial charge on any atom is -0.242 e. The summed E-state index contributed by atoms with van der Waals surface area (Å²) in [6.45, 7) is 3.96. The molecule has 5 aromatic rings. The van der Waals surface area contributed by atoms with Crippen LogP contribution >= 0.6 is 22.7 Å². The monoisotopic (exact) mass is 436 g/mol. The first kappa shape index (κ1) is 18.4. The van der Waals surface area contributed by atoms with Crippen LogP contribution in [-0.2, 0) is 9.84 Å². The normalized spacial score (nSPS) is 12.1. The van der Waals surface area contributed by atoms with Crippen molar-refractivity contribution in [1.29, 1.82) is 0 Å². The summed E-state index contributed by atoms with van der Waals surface area (Å²) in [4.78, 5) is 9.66. The molecule has 2 heterocycles. The number of thiazole rings is 2. The molecular formula is C22H16N2O2S3. The number of benzene rings is 3. The standard InChI is InChI=1S/C22H16N2O2S3/c1-13-4-3-5-15(10-13)22-24-19-9-7-17(12-21(19)28-22)29(25,26)16-6-8-18-20(11-16)27-14(2)23-18/h3-12H,1-2H3. The second kappa shape index (κ2) is 6.73. The zero-order valence-corrected chi connectivity index (χ0v) is 18.2. The summed E-state index contributed by atoms with van der Waals surface area (Å²) >= 11 is 3.01. The molecule has 0 aliphatic heterocycles. The molecule has 0 unspecified atom stereocenters. The summed E-state index contributed by atoms with van der Waals surface area (Å²) in [5, 5.41) is 1.81. The molecule has 2 aromatic heterocycles. The van der Waals surface area contributed by atoms with Crippen molar-refractivity contribution in [3.05, 3.63) is 71.2 Å². The Balaban J connectivity index is 1.59. The van der Waals surface area contributed by atoms with E-state index in [1.165, 1.54) is 28.2 Å². The van der Waals surface area contributed by atoms with Crippen LogP contribution in [0, 0.1) is 13.8 Å². The van der Waals surface area contributed by atoms with Crippen LogP contribution in [0.25, 0.3) is 31.0 Å². The average Bonchev–Trinajstić information content (AvgIpc) is 3.29. The van der Waals surface area contributed by atoms with Crippen LogP contribution in [0.4, 0.5) is 0 Å². The van der Waals surface area contributed by atoms with Gasteiger partial charge >= 0.3 is 0 Å². The third-order valence-corrected chi connectivity index (χ3v) is 8.46. The van der Waals surface area contributed by atoms with Gasteiger partial charge in [-0.3, -0.25) is 0 Å². The number of hydrogen-bond acceptors (Lipinski definition) is 6. The van der Waals surface area contributed by atoms with E-state index in [9.17, 15) is 8.42 Å². The molecule has 0 bridgehead atoms. The van der Waals surface area contributed by atoms with Crippen LogP contribution < -0.4 is 0 Å². The van der Waals surface area contributed by atoms with E-state index in [0.29, 0.717) is 0 Å². The Hall–Kier alpha value is -2.61. The van der Waals surface area contributed by atoms with Crippen molar-refractivity contribution in [1.82, 2.24) is 9.97 Å². The predicted octanol–water partition coefficient (Wildman–Crippen LogP) is 6.02. The van der Waals surface area contributed by atoms with E-state index < -0.39 is 9.84 Å². The lowest BCUT2D eigenvalue weighted by atomic mass is 10.1. The molecule has 0 amide bonds. The van der Waals surface area contributed by atoms with Crippen molar-refractivity contribution >= 4 is 52.9 Å². The van der Waals surface area contributed by atoms with E-state index in [4.69, 9.17) is 0 Å². The van der Waals surface area contributed by atoms with E-state index in [2.05, 4.69) is 16.0 Å². The second-order valence-corrected chi connectivity index (χ2v) is 11.1. The van der Waals surface area contributed by atoms with Gasteiger partial charge in [-0.1, -0.05) is 23.8 Å². The number of aromatic nitrogens is 2. The van der Waals surface area contributed by atoms with Crippen molar-refractivity contribution in [3.8, 4) is 10.6 Å². The summed E-state index contributed by atoms with van der Waals surface area (Å²) in [5.41, 5.74) is 3.84. The Morgan fingerprint density at radius 1 is 0.759 bits per heavy atom. The van der Waals surface area contributed by atoms with Gasteiger partial charge in [-0.15, -0.1) is 22.7 Å². The average molecular weight is 437 g/mol. The molecule has 0 saturated heterocycles. The lowest BCUT2D eigenvalue weighted by Gasteiger charge is -2.04. The lowest BCUT2D eigenvalue weighted by Crippen LogP contribution is -2.01. The minimum atomic E-state index is -3.62. The molecule has 0 saturated carbocycles. The van der Waals surface area contributed by atoms with Crippen molar-refractivity contribution in [2.24, 2.45) is 0 Å². The number of rotatable bonds is 3. The third-order valence-electron chi connectivity index (χ3n) is 4.71. The van der Waals surface area contributed by atoms with Crippen LogP contribution in [0.3, 0.4) is 0 Å². The maximum absolute atomic E-state index is 13.2. The van der Waals surface area contributed by atoms with Crippen LogP contribution in [-0.4, -0.2) is 18.4 Å². The highest BCUT2D eigenvalue weighted by Gasteiger charge is 2.20. The molecule has 7 heteroatoms. The van der Waals surface area contributed by atoms with Gasteiger partial charge in [0.25, 0.3) is 0 Å². The summed E-state index contributed by atoms with van der Waals surface area (Å²) in [5.74, 6) is 0. The lowest BCUT2D eigenvalue weighted by molar-refractivity contribution is 0.596. The molecule has 0 aliphatic rings. The Morgan fingerprint density at radius 3 is 2.10 bits per heavy atom. The number of sulfone groups is 1. The van der Waals surface area contributed by atoms with Gasteiger partial charge in [-0.05, 0) is 56.3 Å². The SMILES string of the molecule is Cc1cccc(-c2nc3ccc(S(=O)(=O)c4ccc5nc(C)sc5c4)cc3s2)c1. The smallest absolute Gasteiger partial charge is 0.206 e. The maximum atomic E-state index is 13.2. The second-order valence-electron chi connectivity index (χ2n) is 6.88. The fraction of sp³-hybridized carbons (Fsp3) is 0.0909. The van der Waals surface area contributed by atoms with Crippen molar-refractivity contribution in [3.63, 3.8) is 0 Å². The third kappa shape index (κ3) is 3.25. The fourth-order valence-electron chi connectivity index (χ4n) is 3.30. The van der Waals surface area contributed by atoms with E-state index >= 15 is 0 Å². The molecular weight excluding hydrogens is 420 g/mol. The molecule has 0 radical (unpaired) electrons. The van der Waals surface area contributed by atoms with E-state index in [-0.39, 0.29) is 9.79 Å². The van der Waals surface area contributed by atoms with Crippen LogP contribution in [0.2, 0.25) is 0 Å². The van der Waals surface area contributed by atoms with Gasteiger partial charge in [0.15, 0.2) is 0 Å². The Labute approximate surface area is 176 Å². The highest BCUT2D eigenvalue weighted by Crippen LogP contribution is 2.34. The molecule has 29 heavy (non-hydrogen) atoms. The Morgan fingerprint density at radius 2 is 1.41 bits per heavy atom. The zero-order chi connectivity index (χ0) is 20.2. The Kier molecular flexibility index (Phi) is 4.27. The van der Waals surface area contributed by atoms with E-state index in [0.717, 1.165) is 36.0 Å². The molecule has 0 N–H and O–H groups in total. The minimum absolute atomic E-state index is 0.282. The highest BCUT2D eigenvalue weighted by atomic mass is 32.2. The Bertz CT molecular complexity index is 1500. The van der Waals surface area contributed by atoms with Gasteiger partial charge in [0.2, 0.25) is 9.84 Å². The molecule has 144 valence electrons. The first-order valence-corrected chi connectivity index (χ1v) is 12.1. The molecule has 0 spiro atoms. The summed E-state index contributed by atoms with van der Waals surface area (Å²) in [6, 6.07) is 18.4. The largest absolute Gasteiger partial charge is 0.242 e. The van der Waals surface area contributed by atoms with Crippen LogP contribution in [0.5, 0.6) is 0 Å². The molecule has 0 atom stereocenters. The fourth-order valence-corrected chi connectivity index (χ4v) is 6.63. The molecule has 4 nitrogen and oxygen atoms in total. The van der Waals surface area contributed by atoms with Crippen LogP contribution in [0.1, 0.15) is 10.6 Å². The number of hydrogen-bond donors (Lipinski definition) is 0. The van der Waals surface area contributed by atoms with Gasteiger partial charge < -0.3 is 0 Å². The van der Waals surface area contributed by atoms with Crippen molar-refractivity contribution in [2.45, 2.75) is 23.6 Å². The number of nitrogens with zero attached hydrogens (tertiary/aromatic N) is 2. The molecule has 0 aliphatic carbocycles. The quantitative estimate of drug-likeness (QED) is 0.347. The van der Waals surface area contributed by atoms with Gasteiger partial charge in [0, 0.05) is 5.56 Å². The number of aryl methyl sites for hydroxylation is 2. The van der Waals surface area contributed by atoms with Gasteiger partial charge in [0.1, 0.15) is 5.01 Å². The van der Waals surface area contributed by atoms with Gasteiger partial charge in [0.05, 0.1) is 35.2 Å². The zero-order valence-electron chi connectivity index (χ0n) is 15.7. The van der Waals surface area contributed by atoms with Gasteiger partial charge in [-0.25, -0.2) is 18.4 Å². The van der Waals surface area contributed by atoms with Crippen molar-refractivity contribution in [2.75, 3.05) is 0 Å². The van der Waals surface area contributed by atoms with Gasteiger partial charge in [-0.2, -0.15) is 0 Å². The predicted molar refractivity (Wildman–Crippen MR) is 120 cm³/mol. The van der Waals surface area contributed by atoms with Crippen LogP contribution in [0.15, 0.2) is 70.5 Å². The molecule has 0 fully saturated rings. The molecule has 5 rings (SSSR count). The van der Waals surface area contributed by atoms with Crippen molar-refractivity contribution < 1.29 is 8.42 Å². The summed E-state index contributed by atoms with van der Waals surface area (Å²) < 4.78 is 28.2. The maximum Gasteiger partial charge on any atom is 0.206 e. The van der Waals surface area contributed by atoms with E-state index in [1.807, 2.05) is 32.0 Å². The highest BCUT2D eigenvalue weighted by molar-refractivity contribution is 7.91. The number of fused-ring (bicyclic) bond motifs is 2. The topological polar surface area (TPSA) is 59.9 Å². The first-order chi connectivity index (χ1) is 13.9. The first-order valence-electron chi connectivity index (χ1n) is 9.00. The summed E-state index contributed by atoms with van der Waals surface area (Å²) in [7, 11) is -3.62.